The highest BCUT2D eigenvalue weighted by Crippen LogP contribution is 2.78. The fraction of sp³-hybridized carbons (Fsp3) is 0.900. The molecule has 2 fully saturated rings. The summed E-state index contributed by atoms with van der Waals surface area (Å²) in [5.74, 6) is 0.190. The van der Waals surface area contributed by atoms with Crippen molar-refractivity contribution >= 4 is 6.29 Å². The minimum absolute atomic E-state index is 0.0243. The molecule has 0 aromatic rings. The fourth-order valence-electron chi connectivity index (χ4n) is 3.57. The number of rotatable bonds is 1. The van der Waals surface area contributed by atoms with Crippen LogP contribution in [0.15, 0.2) is 0 Å². The van der Waals surface area contributed by atoms with Crippen molar-refractivity contribution in [1.29, 1.82) is 0 Å². The molecule has 2 rings (SSSR count). The van der Waals surface area contributed by atoms with Crippen molar-refractivity contribution in [3.05, 3.63) is 0 Å². The van der Waals surface area contributed by atoms with E-state index in [0.29, 0.717) is 0 Å². The number of hydrogen-bond acceptors (Lipinski definition) is 2. The van der Waals surface area contributed by atoms with Gasteiger partial charge in [0.05, 0.1) is 5.60 Å². The van der Waals surface area contributed by atoms with E-state index >= 15 is 0 Å². The SMILES string of the molecule is CC1(C)[C@H]2[C@]1(C=O)CC[C@@]2(C)O. The van der Waals surface area contributed by atoms with Gasteiger partial charge < -0.3 is 9.90 Å². The molecule has 0 aromatic heterocycles. The van der Waals surface area contributed by atoms with E-state index in [4.69, 9.17) is 0 Å². The number of carbonyl (C=O) groups is 1. The maximum Gasteiger partial charge on any atom is 0.127 e. The average molecular weight is 168 g/mol. The highest BCUT2D eigenvalue weighted by molar-refractivity contribution is 5.70. The van der Waals surface area contributed by atoms with Gasteiger partial charge in [-0.3, -0.25) is 0 Å². The Kier molecular flexibility index (Phi) is 1.21. The van der Waals surface area contributed by atoms with E-state index < -0.39 is 5.60 Å². The molecule has 2 aliphatic carbocycles. The summed E-state index contributed by atoms with van der Waals surface area (Å²) in [6, 6.07) is 0. The van der Waals surface area contributed by atoms with E-state index in [1.807, 2.05) is 6.92 Å². The number of aliphatic hydroxyl groups is 1. The quantitative estimate of drug-likeness (QED) is 0.600. The molecule has 0 unspecified atom stereocenters. The maximum absolute atomic E-state index is 11.0. The Morgan fingerprint density at radius 1 is 1.33 bits per heavy atom. The van der Waals surface area contributed by atoms with Crippen LogP contribution >= 0.6 is 0 Å². The van der Waals surface area contributed by atoms with Crippen LogP contribution < -0.4 is 0 Å². The van der Waals surface area contributed by atoms with Crippen LogP contribution in [0.25, 0.3) is 0 Å². The third-order valence-electron chi connectivity index (χ3n) is 4.23. The van der Waals surface area contributed by atoms with Crippen molar-refractivity contribution in [2.75, 3.05) is 0 Å². The minimum atomic E-state index is -0.607. The van der Waals surface area contributed by atoms with Crippen LogP contribution in [0.2, 0.25) is 0 Å². The van der Waals surface area contributed by atoms with Crippen molar-refractivity contribution in [3.8, 4) is 0 Å². The number of hydrogen-bond donors (Lipinski definition) is 1. The van der Waals surface area contributed by atoms with Gasteiger partial charge in [0.15, 0.2) is 0 Å². The van der Waals surface area contributed by atoms with Crippen molar-refractivity contribution in [2.24, 2.45) is 16.7 Å². The van der Waals surface area contributed by atoms with E-state index in [0.717, 1.165) is 19.1 Å². The minimum Gasteiger partial charge on any atom is -0.390 e. The lowest BCUT2D eigenvalue weighted by molar-refractivity contribution is -0.113. The molecule has 0 aliphatic heterocycles. The van der Waals surface area contributed by atoms with Gasteiger partial charge in [0.25, 0.3) is 0 Å². The number of fused-ring (bicyclic) bond motifs is 1. The molecule has 1 N–H and O–H groups in total. The number of aldehydes is 1. The summed E-state index contributed by atoms with van der Waals surface area (Å²) in [5, 5.41) is 9.98. The van der Waals surface area contributed by atoms with Gasteiger partial charge >= 0.3 is 0 Å². The normalized spacial score (nSPS) is 54.8. The van der Waals surface area contributed by atoms with Crippen LogP contribution in [0.5, 0.6) is 0 Å². The first-order valence-electron chi connectivity index (χ1n) is 4.57. The van der Waals surface area contributed by atoms with Crippen LogP contribution in [0.3, 0.4) is 0 Å². The Morgan fingerprint density at radius 3 is 2.17 bits per heavy atom. The van der Waals surface area contributed by atoms with Gasteiger partial charge in [-0.2, -0.15) is 0 Å². The highest BCUT2D eigenvalue weighted by Gasteiger charge is 2.79. The molecule has 12 heavy (non-hydrogen) atoms. The van der Waals surface area contributed by atoms with Crippen LogP contribution in [-0.2, 0) is 4.79 Å². The Balaban J connectivity index is 2.38. The summed E-state index contributed by atoms with van der Waals surface area (Å²) < 4.78 is 0. The first-order valence-corrected chi connectivity index (χ1v) is 4.57. The third kappa shape index (κ3) is 0.598. The third-order valence-corrected chi connectivity index (χ3v) is 4.23. The van der Waals surface area contributed by atoms with Gasteiger partial charge in [-0.05, 0) is 25.2 Å². The number of carbonyl (C=O) groups excluding carboxylic acids is 1. The summed E-state index contributed by atoms with van der Waals surface area (Å²) in [7, 11) is 0. The summed E-state index contributed by atoms with van der Waals surface area (Å²) >= 11 is 0. The Morgan fingerprint density at radius 2 is 1.92 bits per heavy atom. The van der Waals surface area contributed by atoms with E-state index in [1.165, 1.54) is 0 Å². The summed E-state index contributed by atoms with van der Waals surface area (Å²) in [6.45, 7) is 6.02. The molecule has 2 heteroatoms. The van der Waals surface area contributed by atoms with Gasteiger partial charge in [-0.25, -0.2) is 0 Å². The smallest absolute Gasteiger partial charge is 0.127 e. The Hall–Kier alpha value is -0.370. The molecule has 0 aromatic carbocycles. The molecule has 0 saturated heterocycles. The first kappa shape index (κ1) is 8.24. The predicted octanol–water partition coefficient (Wildman–Crippen LogP) is 1.37. The zero-order chi connectivity index (χ0) is 9.20. The molecule has 2 aliphatic rings. The second-order valence-electron chi connectivity index (χ2n) is 5.17. The zero-order valence-electron chi connectivity index (χ0n) is 7.92. The standard InChI is InChI=1S/C10H16O2/c1-8(2)7-9(3,12)4-5-10(7,8)6-11/h6-7,12H,4-5H2,1-3H3/t7-,9-,10-/m1/s1. The van der Waals surface area contributed by atoms with Crippen molar-refractivity contribution in [1.82, 2.24) is 0 Å². The second kappa shape index (κ2) is 1.77. The highest BCUT2D eigenvalue weighted by atomic mass is 16.3. The van der Waals surface area contributed by atoms with E-state index in [2.05, 4.69) is 13.8 Å². The van der Waals surface area contributed by atoms with Crippen molar-refractivity contribution in [3.63, 3.8) is 0 Å². The molecule has 0 heterocycles. The van der Waals surface area contributed by atoms with Gasteiger partial charge in [-0.15, -0.1) is 0 Å². The van der Waals surface area contributed by atoms with Crippen LogP contribution in [0.1, 0.15) is 33.6 Å². The van der Waals surface area contributed by atoms with Crippen LogP contribution in [0.4, 0.5) is 0 Å². The second-order valence-corrected chi connectivity index (χ2v) is 5.17. The van der Waals surface area contributed by atoms with Crippen LogP contribution in [0, 0.1) is 16.7 Å². The molecule has 2 saturated carbocycles. The predicted molar refractivity (Wildman–Crippen MR) is 45.6 cm³/mol. The summed E-state index contributed by atoms with van der Waals surface area (Å²) in [5.41, 5.74) is -0.780. The van der Waals surface area contributed by atoms with Gasteiger partial charge in [0.2, 0.25) is 0 Å². The molecule has 0 amide bonds. The molecule has 68 valence electrons. The maximum atomic E-state index is 11.0. The van der Waals surface area contributed by atoms with Gasteiger partial charge in [0, 0.05) is 11.3 Å². The van der Waals surface area contributed by atoms with E-state index in [1.54, 1.807) is 0 Å². The molecule has 0 radical (unpaired) electrons. The Bertz CT molecular complexity index is 242. The van der Waals surface area contributed by atoms with E-state index in [9.17, 15) is 9.90 Å². The largest absolute Gasteiger partial charge is 0.390 e. The lowest BCUT2D eigenvalue weighted by atomic mass is 9.88. The van der Waals surface area contributed by atoms with Gasteiger partial charge in [0.1, 0.15) is 6.29 Å². The molecular weight excluding hydrogens is 152 g/mol. The lowest BCUT2D eigenvalue weighted by Gasteiger charge is -2.22. The molecule has 0 spiro atoms. The lowest BCUT2D eigenvalue weighted by Crippen LogP contribution is -2.26. The summed E-state index contributed by atoms with van der Waals surface area (Å²) in [6.07, 6.45) is 2.71. The monoisotopic (exact) mass is 168 g/mol. The topological polar surface area (TPSA) is 37.3 Å². The van der Waals surface area contributed by atoms with E-state index in [-0.39, 0.29) is 16.7 Å². The van der Waals surface area contributed by atoms with Crippen molar-refractivity contribution in [2.45, 2.75) is 39.2 Å². The zero-order valence-corrected chi connectivity index (χ0v) is 7.92. The fourth-order valence-corrected chi connectivity index (χ4v) is 3.57. The summed E-state index contributed by atoms with van der Waals surface area (Å²) in [4.78, 5) is 11.0. The molecule has 3 atom stereocenters. The molecule has 2 nitrogen and oxygen atoms in total. The Labute approximate surface area is 73.0 Å². The van der Waals surface area contributed by atoms with Crippen molar-refractivity contribution < 1.29 is 9.90 Å². The average Bonchev–Trinajstić information content (AvgIpc) is 2.26. The van der Waals surface area contributed by atoms with Crippen LogP contribution in [-0.4, -0.2) is 17.0 Å². The molecule has 0 bridgehead atoms. The molecular formula is C10H16O2. The first-order chi connectivity index (χ1) is 5.38. The van der Waals surface area contributed by atoms with Gasteiger partial charge in [-0.1, -0.05) is 13.8 Å².